The van der Waals surface area contributed by atoms with Crippen LogP contribution in [0.25, 0.3) is 0 Å². The van der Waals surface area contributed by atoms with Crippen molar-refractivity contribution in [1.82, 2.24) is 10.3 Å². The first-order valence-corrected chi connectivity index (χ1v) is 6.33. The van der Waals surface area contributed by atoms with Gasteiger partial charge in [0.15, 0.2) is 0 Å². The van der Waals surface area contributed by atoms with Gasteiger partial charge in [0.2, 0.25) is 0 Å². The molecule has 0 aliphatic rings. The molecule has 1 unspecified atom stereocenters. The summed E-state index contributed by atoms with van der Waals surface area (Å²) in [6, 6.07) is 8.73. The van der Waals surface area contributed by atoms with Crippen molar-refractivity contribution in [2.75, 3.05) is 6.54 Å². The third-order valence-electron chi connectivity index (χ3n) is 2.99. The van der Waals surface area contributed by atoms with Crippen molar-refractivity contribution in [1.29, 1.82) is 0 Å². The topological polar surface area (TPSA) is 24.9 Å². The summed E-state index contributed by atoms with van der Waals surface area (Å²) < 4.78 is 38.4. The van der Waals surface area contributed by atoms with E-state index in [-0.39, 0.29) is 6.04 Å². The Bertz CT molecular complexity index is 553. The van der Waals surface area contributed by atoms with E-state index < -0.39 is 11.7 Å². The molecule has 106 valence electrons. The molecule has 5 heteroatoms. The lowest BCUT2D eigenvalue weighted by molar-refractivity contribution is -0.137. The van der Waals surface area contributed by atoms with Crippen LogP contribution in [0.15, 0.2) is 48.8 Å². The molecule has 2 aromatic rings. The average Bonchev–Trinajstić information content (AvgIpc) is 2.45. The molecule has 2 rings (SSSR count). The largest absolute Gasteiger partial charge is 0.416 e. The first kappa shape index (κ1) is 14.5. The van der Waals surface area contributed by atoms with Crippen molar-refractivity contribution < 1.29 is 13.2 Å². The lowest BCUT2D eigenvalue weighted by Gasteiger charge is -2.20. The molecule has 0 fully saturated rings. The highest BCUT2D eigenvalue weighted by atomic mass is 19.4. The molecule has 2 nitrogen and oxygen atoms in total. The molecule has 1 N–H and O–H groups in total. The second-order valence-corrected chi connectivity index (χ2v) is 4.39. The highest BCUT2D eigenvalue weighted by Gasteiger charge is 2.31. The molecular weight excluding hydrogens is 265 g/mol. The predicted molar refractivity (Wildman–Crippen MR) is 71.2 cm³/mol. The van der Waals surface area contributed by atoms with Crippen molar-refractivity contribution >= 4 is 0 Å². The summed E-state index contributed by atoms with van der Waals surface area (Å²) in [7, 11) is 0. The number of hydrogen-bond acceptors (Lipinski definition) is 2. The molecule has 0 spiro atoms. The summed E-state index contributed by atoms with van der Waals surface area (Å²) in [6.45, 7) is 2.57. The van der Waals surface area contributed by atoms with E-state index in [1.54, 1.807) is 30.6 Å². The van der Waals surface area contributed by atoms with Crippen molar-refractivity contribution in [2.45, 2.75) is 19.1 Å². The van der Waals surface area contributed by atoms with Crippen molar-refractivity contribution in [2.24, 2.45) is 0 Å². The van der Waals surface area contributed by atoms with Gasteiger partial charge in [0, 0.05) is 12.4 Å². The Morgan fingerprint density at radius 2 is 1.80 bits per heavy atom. The van der Waals surface area contributed by atoms with Gasteiger partial charge in [-0.25, -0.2) is 0 Å². The van der Waals surface area contributed by atoms with E-state index in [1.807, 2.05) is 6.92 Å². The predicted octanol–water partition coefficient (Wildman–Crippen LogP) is 3.80. The van der Waals surface area contributed by atoms with Gasteiger partial charge in [-0.2, -0.15) is 13.2 Å². The molecule has 1 aromatic heterocycles. The first-order valence-electron chi connectivity index (χ1n) is 6.33. The first-order chi connectivity index (χ1) is 9.52. The van der Waals surface area contributed by atoms with E-state index in [0.29, 0.717) is 12.1 Å². The van der Waals surface area contributed by atoms with Gasteiger partial charge >= 0.3 is 6.18 Å². The van der Waals surface area contributed by atoms with Crippen LogP contribution in [-0.4, -0.2) is 11.5 Å². The molecule has 1 heterocycles. The maximum Gasteiger partial charge on any atom is 0.416 e. The number of alkyl halides is 3. The zero-order valence-corrected chi connectivity index (χ0v) is 11.0. The van der Waals surface area contributed by atoms with E-state index in [9.17, 15) is 13.2 Å². The summed E-state index contributed by atoms with van der Waals surface area (Å²) in [5.41, 5.74) is 0.848. The molecule has 0 saturated heterocycles. The molecule has 0 saturated carbocycles. The zero-order chi connectivity index (χ0) is 14.6. The van der Waals surface area contributed by atoms with Gasteiger partial charge in [-0.3, -0.25) is 4.98 Å². The number of pyridine rings is 1. The van der Waals surface area contributed by atoms with E-state index in [0.717, 1.165) is 11.6 Å². The number of nitrogens with one attached hydrogen (secondary N) is 1. The summed E-state index contributed by atoms with van der Waals surface area (Å²) in [5, 5.41) is 3.20. The molecule has 0 aliphatic heterocycles. The van der Waals surface area contributed by atoms with Crippen LogP contribution in [-0.2, 0) is 6.18 Å². The monoisotopic (exact) mass is 280 g/mol. The standard InChI is InChI=1S/C15H15F3N2/c1-2-20-14(11-6-8-19-9-7-11)12-4-3-5-13(10-12)15(16,17)18/h3-10,14,20H,2H2,1H3. The molecule has 20 heavy (non-hydrogen) atoms. The lowest BCUT2D eigenvalue weighted by Crippen LogP contribution is -2.22. The minimum atomic E-state index is -4.33. The van der Waals surface area contributed by atoms with E-state index >= 15 is 0 Å². The maximum atomic E-state index is 12.8. The molecule has 1 atom stereocenters. The van der Waals surface area contributed by atoms with Crippen LogP contribution in [0.2, 0.25) is 0 Å². The van der Waals surface area contributed by atoms with E-state index in [4.69, 9.17) is 0 Å². The Morgan fingerprint density at radius 3 is 2.40 bits per heavy atom. The Balaban J connectivity index is 2.40. The quantitative estimate of drug-likeness (QED) is 0.921. The van der Waals surface area contributed by atoms with E-state index in [2.05, 4.69) is 10.3 Å². The molecular formula is C15H15F3N2. The van der Waals surface area contributed by atoms with Crippen molar-refractivity contribution in [3.8, 4) is 0 Å². The molecule has 0 bridgehead atoms. The Kier molecular flexibility index (Phi) is 4.39. The van der Waals surface area contributed by atoms with Crippen LogP contribution >= 0.6 is 0 Å². The third-order valence-corrected chi connectivity index (χ3v) is 2.99. The summed E-state index contributed by atoms with van der Waals surface area (Å²) >= 11 is 0. The Hall–Kier alpha value is -1.88. The SMILES string of the molecule is CCNC(c1ccncc1)c1cccc(C(F)(F)F)c1. The summed E-state index contributed by atoms with van der Waals surface area (Å²) in [4.78, 5) is 3.93. The smallest absolute Gasteiger partial charge is 0.307 e. The second-order valence-electron chi connectivity index (χ2n) is 4.39. The minimum absolute atomic E-state index is 0.273. The van der Waals surface area contributed by atoms with Gasteiger partial charge in [0.05, 0.1) is 11.6 Å². The number of rotatable bonds is 4. The van der Waals surface area contributed by atoms with Gasteiger partial charge in [-0.15, -0.1) is 0 Å². The fourth-order valence-corrected chi connectivity index (χ4v) is 2.08. The fourth-order valence-electron chi connectivity index (χ4n) is 2.08. The summed E-state index contributed by atoms with van der Waals surface area (Å²) in [6.07, 6.45) is -1.06. The number of aromatic nitrogens is 1. The molecule has 1 aromatic carbocycles. The molecule has 0 amide bonds. The van der Waals surface area contributed by atoms with Crippen LogP contribution in [0.4, 0.5) is 13.2 Å². The van der Waals surface area contributed by atoms with Gasteiger partial charge in [0.1, 0.15) is 0 Å². The zero-order valence-electron chi connectivity index (χ0n) is 11.0. The van der Waals surface area contributed by atoms with Crippen LogP contribution in [0.1, 0.15) is 29.7 Å². The second kappa shape index (κ2) is 6.05. The summed E-state index contributed by atoms with van der Waals surface area (Å²) in [5.74, 6) is 0. The van der Waals surface area contributed by atoms with E-state index in [1.165, 1.54) is 12.1 Å². The number of halogens is 3. The van der Waals surface area contributed by atoms with Gasteiger partial charge in [-0.1, -0.05) is 19.1 Å². The minimum Gasteiger partial charge on any atom is -0.307 e. The number of nitrogens with zero attached hydrogens (tertiary/aromatic N) is 1. The Morgan fingerprint density at radius 1 is 1.10 bits per heavy atom. The Labute approximate surface area is 115 Å². The maximum absolute atomic E-state index is 12.8. The third kappa shape index (κ3) is 3.36. The van der Waals surface area contributed by atoms with Crippen LogP contribution < -0.4 is 5.32 Å². The van der Waals surface area contributed by atoms with Gasteiger partial charge in [-0.05, 0) is 41.9 Å². The van der Waals surface area contributed by atoms with Crippen molar-refractivity contribution in [3.05, 3.63) is 65.5 Å². The highest BCUT2D eigenvalue weighted by molar-refractivity contribution is 5.34. The molecule has 0 aliphatic carbocycles. The average molecular weight is 280 g/mol. The van der Waals surface area contributed by atoms with Crippen molar-refractivity contribution in [3.63, 3.8) is 0 Å². The highest BCUT2D eigenvalue weighted by Crippen LogP contribution is 2.32. The van der Waals surface area contributed by atoms with Crippen LogP contribution in [0.5, 0.6) is 0 Å². The van der Waals surface area contributed by atoms with Crippen LogP contribution in [0, 0.1) is 0 Å². The number of hydrogen-bond donors (Lipinski definition) is 1. The lowest BCUT2D eigenvalue weighted by atomic mass is 9.97. The van der Waals surface area contributed by atoms with Gasteiger partial charge < -0.3 is 5.32 Å². The number of benzene rings is 1. The normalized spacial score (nSPS) is 13.2. The fraction of sp³-hybridized carbons (Fsp3) is 0.267. The van der Waals surface area contributed by atoms with Crippen LogP contribution in [0.3, 0.4) is 0 Å². The molecule has 0 radical (unpaired) electrons. The van der Waals surface area contributed by atoms with Gasteiger partial charge in [0.25, 0.3) is 0 Å².